The van der Waals surface area contributed by atoms with E-state index >= 15 is 0 Å². The number of aliphatic hydroxyl groups is 1. The number of nitriles is 5. The summed E-state index contributed by atoms with van der Waals surface area (Å²) in [6.45, 7) is 8.65. The Labute approximate surface area is 690 Å². The quantitative estimate of drug-likeness (QED) is 0.0653. The molecule has 29 heteroatoms. The van der Waals surface area contributed by atoms with Gasteiger partial charge in [-0.1, -0.05) is 30.0 Å². The molecule has 12 aromatic heterocycles. The van der Waals surface area contributed by atoms with Crippen LogP contribution in [0.4, 0.5) is 17.5 Å². The number of pyridine rings is 9. The van der Waals surface area contributed by atoms with Crippen LogP contribution in [0.2, 0.25) is 0 Å². The summed E-state index contributed by atoms with van der Waals surface area (Å²) < 4.78 is 53.9. The van der Waals surface area contributed by atoms with E-state index in [1.54, 1.807) is 77.2 Å². The average molecular weight is 1590 g/mol. The van der Waals surface area contributed by atoms with E-state index in [9.17, 15) is 31.4 Å². The normalized spacial score (nSPS) is 21.4. The van der Waals surface area contributed by atoms with Crippen LogP contribution < -0.4 is 38.4 Å². The summed E-state index contributed by atoms with van der Waals surface area (Å²) in [7, 11) is 0.749. The molecule has 9 aliphatic heterocycles. The lowest BCUT2D eigenvalue weighted by Crippen LogP contribution is -2.68. The Morgan fingerprint density at radius 1 is 0.429 bits per heavy atom. The van der Waals surface area contributed by atoms with E-state index in [0.29, 0.717) is 113 Å². The van der Waals surface area contributed by atoms with E-state index in [-0.39, 0.29) is 11.3 Å². The second-order valence-electron chi connectivity index (χ2n) is 32.5. The third-order valence-electron chi connectivity index (χ3n) is 24.7. The van der Waals surface area contributed by atoms with Gasteiger partial charge in [-0.3, -0.25) is 14.7 Å². The summed E-state index contributed by atoms with van der Waals surface area (Å²) >= 11 is 0. The lowest BCUT2D eigenvalue weighted by molar-refractivity contribution is -0.00879. The third-order valence-corrected chi connectivity index (χ3v) is 24.7. The van der Waals surface area contributed by atoms with Gasteiger partial charge in [0.25, 0.3) is 0 Å². The highest BCUT2D eigenvalue weighted by atomic mass is 16.5. The molecule has 119 heavy (non-hydrogen) atoms. The number of anilines is 3. The Kier molecular flexibility index (Phi) is 18.7. The summed E-state index contributed by atoms with van der Waals surface area (Å²) in [5.41, 5.74) is 11.2. The fourth-order valence-electron chi connectivity index (χ4n) is 17.2. The standard InChI is InChI=1S/2C30H28N8O2.C30H27N7O2/c2*1-39-28-5-2-20(11-34-28)14-37-23-8-24(37)16-36(15-23)27-4-3-21(12-33-27)26-9-25(40-19-30(18-32)6-7-30)17-38-29(26)22(10-31)13-35-38;1-39-28-5-2-21(13-33-28)16-36-24-11-25(36)19-35(18-24)27-4-3-22(14-32-27)26-10-20(6-7-30(38)8-9-30)17-37-29(26)23(12-31)15-34-37/h2*2-5,9,11-13,17,23-24H,6-8,14-16,19H2,1H3;2-5,10,13-15,17,24-25,38H,8-9,11,16,18-19H2,1H3/i1D3;;. The number of rotatable bonds is 21. The van der Waals surface area contributed by atoms with Crippen LogP contribution in [0, 0.1) is 79.3 Å². The van der Waals surface area contributed by atoms with Crippen LogP contribution in [0.25, 0.3) is 49.9 Å². The molecule has 1 N–H and O–H groups in total. The van der Waals surface area contributed by atoms with E-state index in [1.165, 1.54) is 24.0 Å². The molecule has 29 nitrogen and oxygen atoms in total. The molecule has 6 unspecified atom stereocenters. The Hall–Kier alpha value is -13.8. The molecule has 6 atom stereocenters. The maximum absolute atomic E-state index is 10.2. The fourth-order valence-corrected chi connectivity index (χ4v) is 17.2. The van der Waals surface area contributed by atoms with Crippen LogP contribution in [0.15, 0.2) is 165 Å². The van der Waals surface area contributed by atoms with Crippen molar-refractivity contribution in [1.29, 1.82) is 26.3 Å². The molecular formula is C90H83N23O6. The summed E-state index contributed by atoms with van der Waals surface area (Å²) in [4.78, 5) is 41.9. The van der Waals surface area contributed by atoms with Gasteiger partial charge in [0.2, 0.25) is 17.6 Å². The minimum absolute atomic E-state index is 0.0935. The number of methoxy groups -OCH3 is 3. The lowest BCUT2D eigenvalue weighted by Gasteiger charge is -2.56. The monoisotopic (exact) mass is 1580 g/mol. The Morgan fingerprint density at radius 3 is 1.09 bits per heavy atom. The molecule has 3 aliphatic carbocycles. The molecule has 12 aromatic rings. The van der Waals surface area contributed by atoms with Crippen molar-refractivity contribution in [2.45, 2.75) is 119 Å². The number of ether oxygens (including phenoxy) is 5. The molecule has 12 fully saturated rings. The first kappa shape index (κ1) is 71.7. The molecule has 0 spiro atoms. The molecule has 24 rings (SSSR count). The number of aromatic nitrogens is 12. The van der Waals surface area contributed by atoms with E-state index < -0.39 is 18.1 Å². The number of piperazine rings is 3. The summed E-state index contributed by atoms with van der Waals surface area (Å²) in [6, 6.07) is 43.7. The van der Waals surface area contributed by atoms with Gasteiger partial charge in [-0.15, -0.1) is 0 Å². The number of fused-ring (bicyclic) bond motifs is 9. The molecule has 0 radical (unpaired) electrons. The smallest absolute Gasteiger partial charge is 0.212 e. The van der Waals surface area contributed by atoms with Crippen LogP contribution in [0.3, 0.4) is 0 Å². The largest absolute Gasteiger partial charge is 0.490 e. The lowest BCUT2D eigenvalue weighted by atomic mass is 9.87. The van der Waals surface area contributed by atoms with Gasteiger partial charge < -0.3 is 43.5 Å². The molecule has 0 amide bonds. The predicted octanol–water partition coefficient (Wildman–Crippen LogP) is 10.6. The Bertz CT molecular complexity index is 6230. The van der Waals surface area contributed by atoms with Gasteiger partial charge in [0.1, 0.15) is 66.0 Å². The zero-order valence-electron chi connectivity index (χ0n) is 68.5. The van der Waals surface area contributed by atoms with Crippen molar-refractivity contribution in [3.05, 3.63) is 204 Å². The van der Waals surface area contributed by atoms with E-state index in [1.807, 2.05) is 85.6 Å². The van der Waals surface area contributed by atoms with E-state index in [0.717, 1.165) is 158 Å². The molecule has 6 bridgehead atoms. The molecule has 9 saturated heterocycles. The van der Waals surface area contributed by atoms with Gasteiger partial charge in [-0.25, -0.2) is 43.5 Å². The first-order valence-electron chi connectivity index (χ1n) is 41.4. The van der Waals surface area contributed by atoms with Crippen LogP contribution in [0.1, 0.15) is 101 Å². The molecule has 3 saturated carbocycles. The van der Waals surface area contributed by atoms with Gasteiger partial charge >= 0.3 is 0 Å². The van der Waals surface area contributed by atoms with Crippen LogP contribution in [0.5, 0.6) is 29.1 Å². The van der Waals surface area contributed by atoms with Crippen molar-refractivity contribution in [2.75, 3.05) is 88.4 Å². The maximum atomic E-state index is 10.2. The van der Waals surface area contributed by atoms with E-state index in [4.69, 9.17) is 42.7 Å². The highest BCUT2D eigenvalue weighted by molar-refractivity contribution is 5.88. The predicted molar refractivity (Wildman–Crippen MR) is 438 cm³/mol. The van der Waals surface area contributed by atoms with Crippen LogP contribution in [-0.2, 0) is 19.6 Å². The van der Waals surface area contributed by atoms with Gasteiger partial charge in [0, 0.05) is 196 Å². The first-order valence-corrected chi connectivity index (χ1v) is 39.9. The fraction of sp³-hybridized carbons (Fsp3) is 0.356. The van der Waals surface area contributed by atoms with Crippen LogP contribution >= 0.6 is 0 Å². The topological polar surface area (TPSA) is 334 Å². The second kappa shape index (κ2) is 31.0. The number of hydrogen-bond acceptors (Lipinski definition) is 26. The Morgan fingerprint density at radius 2 is 0.790 bits per heavy atom. The number of hydrogen-bond donors (Lipinski definition) is 1. The third kappa shape index (κ3) is 15.1. The average Bonchev–Trinajstić information content (AvgIpc) is 1.08. The van der Waals surface area contributed by atoms with Gasteiger partial charge in [-0.2, -0.15) is 41.6 Å². The molecule has 594 valence electrons. The minimum Gasteiger partial charge on any atom is -0.490 e. The van der Waals surface area contributed by atoms with Crippen molar-refractivity contribution >= 4 is 34.0 Å². The zero-order valence-corrected chi connectivity index (χ0v) is 65.5. The molecule has 0 aromatic carbocycles. The SMILES string of the molecule is COc1ccc(CN2C3CC2CN(c2ccc(-c4cc(C#CC5(O)CC5)cn5ncc(C#N)c45)cn2)C3)cn1.COc1ccc(CN2C3CC2CN(c2ccc(-c4cc(OCC5(C#N)CC5)cn5ncc(C#N)c45)cn2)C3)cn1.[2H]C([2H])([2H])Oc1ccc(CN2C3CC2CN(c2ccc(-c4cc(OCC5(C#N)CC5)cn5ncc(C#N)c45)cn2)C3)cn1. The van der Waals surface area contributed by atoms with Crippen LogP contribution in [-0.4, -0.2) is 194 Å². The Balaban J connectivity index is 0.000000121. The van der Waals surface area contributed by atoms with Crippen molar-refractivity contribution in [3.63, 3.8) is 0 Å². The van der Waals surface area contributed by atoms with Gasteiger partial charge in [0.05, 0.1) is 113 Å². The van der Waals surface area contributed by atoms with Crippen molar-refractivity contribution in [3.8, 4) is 105 Å². The van der Waals surface area contributed by atoms with Gasteiger partial charge in [0.15, 0.2) is 0 Å². The summed E-state index contributed by atoms with van der Waals surface area (Å²) in [5.74, 6) is 11.4. The number of nitrogens with zero attached hydrogens (tertiary/aromatic N) is 23. The summed E-state index contributed by atoms with van der Waals surface area (Å²) in [5, 5.41) is 71.2. The minimum atomic E-state index is -2.51. The van der Waals surface area contributed by atoms with Crippen molar-refractivity contribution < 1.29 is 32.9 Å². The van der Waals surface area contributed by atoms with Crippen molar-refractivity contribution in [2.24, 2.45) is 10.8 Å². The molecule has 21 heterocycles. The van der Waals surface area contributed by atoms with Crippen molar-refractivity contribution in [1.82, 2.24) is 73.4 Å². The summed E-state index contributed by atoms with van der Waals surface area (Å²) in [6.07, 6.45) is 29.4. The van der Waals surface area contributed by atoms with Gasteiger partial charge in [-0.05, 0) is 129 Å². The highest BCUT2D eigenvalue weighted by Crippen LogP contribution is 2.48. The number of piperidine rings is 3. The highest BCUT2D eigenvalue weighted by Gasteiger charge is 2.49. The maximum Gasteiger partial charge on any atom is 0.212 e. The molecular weight excluding hydrogens is 1500 g/mol. The van der Waals surface area contributed by atoms with E-state index in [2.05, 4.69) is 132 Å². The first-order chi connectivity index (χ1) is 59.3. The second-order valence-corrected chi connectivity index (χ2v) is 32.5. The zero-order chi connectivity index (χ0) is 83.6. The molecule has 12 aliphatic rings.